The Morgan fingerprint density at radius 1 is 1.18 bits per heavy atom. The fourth-order valence-corrected chi connectivity index (χ4v) is 2.13. The van der Waals surface area contributed by atoms with Crippen molar-refractivity contribution in [2.24, 2.45) is 0 Å². The Bertz CT molecular complexity index is 351. The van der Waals surface area contributed by atoms with E-state index in [1.54, 1.807) is 7.11 Å². The van der Waals surface area contributed by atoms with Gasteiger partial charge in [0.25, 0.3) is 0 Å². The molecule has 0 amide bonds. The van der Waals surface area contributed by atoms with Crippen LogP contribution in [0.5, 0.6) is 5.75 Å². The number of nitrogen functional groups attached to an aromatic ring is 1. The summed E-state index contributed by atoms with van der Waals surface area (Å²) >= 11 is 0. The fraction of sp³-hybridized carbons (Fsp3) is 0.571. The number of rotatable bonds is 6. The highest BCUT2D eigenvalue weighted by atomic mass is 16.5. The topological polar surface area (TPSA) is 47.3 Å². The molecule has 3 heteroatoms. The quantitative estimate of drug-likeness (QED) is 0.741. The van der Waals surface area contributed by atoms with Crippen molar-refractivity contribution in [3.63, 3.8) is 0 Å². The van der Waals surface area contributed by atoms with Gasteiger partial charge in [-0.15, -0.1) is 0 Å². The van der Waals surface area contributed by atoms with Crippen LogP contribution in [0.3, 0.4) is 0 Å². The Morgan fingerprint density at radius 3 is 2.24 bits per heavy atom. The molecule has 3 nitrogen and oxygen atoms in total. The van der Waals surface area contributed by atoms with Crippen molar-refractivity contribution in [2.45, 2.75) is 45.6 Å². The van der Waals surface area contributed by atoms with E-state index in [1.807, 2.05) is 18.2 Å². The molecule has 96 valence electrons. The molecule has 1 aromatic carbocycles. The summed E-state index contributed by atoms with van der Waals surface area (Å²) in [6, 6.07) is 5.85. The van der Waals surface area contributed by atoms with Crippen molar-refractivity contribution in [1.82, 2.24) is 0 Å². The van der Waals surface area contributed by atoms with Crippen molar-refractivity contribution < 1.29 is 4.74 Å². The maximum absolute atomic E-state index is 6.08. The predicted molar refractivity (Wildman–Crippen MR) is 74.6 cm³/mol. The van der Waals surface area contributed by atoms with Gasteiger partial charge >= 0.3 is 0 Å². The molecule has 0 fully saturated rings. The molecule has 0 aliphatic heterocycles. The van der Waals surface area contributed by atoms with E-state index in [9.17, 15) is 0 Å². The van der Waals surface area contributed by atoms with Crippen molar-refractivity contribution in [3.05, 3.63) is 18.2 Å². The second-order valence-electron chi connectivity index (χ2n) is 4.39. The van der Waals surface area contributed by atoms with Crippen LogP contribution in [0, 0.1) is 0 Å². The monoisotopic (exact) mass is 236 g/mol. The van der Waals surface area contributed by atoms with E-state index in [4.69, 9.17) is 10.5 Å². The lowest BCUT2D eigenvalue weighted by Crippen LogP contribution is -2.36. The SMILES string of the molecule is CCC(CC)(CC)Nc1cccc(OC)c1N. The summed E-state index contributed by atoms with van der Waals surface area (Å²) in [5.74, 6) is 0.729. The minimum Gasteiger partial charge on any atom is -0.495 e. The number of methoxy groups -OCH3 is 1. The highest BCUT2D eigenvalue weighted by molar-refractivity contribution is 5.73. The van der Waals surface area contributed by atoms with Gasteiger partial charge in [-0.05, 0) is 31.4 Å². The van der Waals surface area contributed by atoms with Gasteiger partial charge in [0, 0.05) is 5.54 Å². The molecule has 0 spiro atoms. The first-order valence-electron chi connectivity index (χ1n) is 6.33. The third-order valence-electron chi connectivity index (χ3n) is 3.72. The van der Waals surface area contributed by atoms with E-state index >= 15 is 0 Å². The van der Waals surface area contributed by atoms with Crippen molar-refractivity contribution >= 4 is 11.4 Å². The Labute approximate surface area is 104 Å². The second-order valence-corrected chi connectivity index (χ2v) is 4.39. The summed E-state index contributed by atoms with van der Waals surface area (Å²) in [5.41, 5.74) is 7.86. The minimum atomic E-state index is 0.125. The van der Waals surface area contributed by atoms with Crippen LogP contribution < -0.4 is 15.8 Å². The summed E-state index contributed by atoms with van der Waals surface area (Å²) in [4.78, 5) is 0. The van der Waals surface area contributed by atoms with Crippen LogP contribution >= 0.6 is 0 Å². The lowest BCUT2D eigenvalue weighted by atomic mass is 9.89. The molecule has 0 aromatic heterocycles. The van der Waals surface area contributed by atoms with E-state index in [0.29, 0.717) is 5.69 Å². The molecular weight excluding hydrogens is 212 g/mol. The molecule has 17 heavy (non-hydrogen) atoms. The van der Waals surface area contributed by atoms with E-state index < -0.39 is 0 Å². The average Bonchev–Trinajstić information content (AvgIpc) is 2.38. The van der Waals surface area contributed by atoms with Crippen LogP contribution in [-0.4, -0.2) is 12.6 Å². The number of nitrogens with two attached hydrogens (primary N) is 1. The van der Waals surface area contributed by atoms with E-state index in [2.05, 4.69) is 26.1 Å². The molecule has 0 aliphatic carbocycles. The van der Waals surface area contributed by atoms with Crippen LogP contribution in [0.25, 0.3) is 0 Å². The largest absolute Gasteiger partial charge is 0.495 e. The number of anilines is 2. The average molecular weight is 236 g/mol. The maximum atomic E-state index is 6.08. The van der Waals surface area contributed by atoms with Crippen LogP contribution in [-0.2, 0) is 0 Å². The number of para-hydroxylation sites is 1. The molecule has 0 saturated heterocycles. The highest BCUT2D eigenvalue weighted by Gasteiger charge is 2.24. The standard InChI is InChI=1S/C14H24N2O/c1-5-14(6-2,7-3)16-11-9-8-10-12(17-4)13(11)15/h8-10,16H,5-7,15H2,1-4H3. The zero-order valence-electron chi connectivity index (χ0n) is 11.3. The van der Waals surface area contributed by atoms with Gasteiger partial charge < -0.3 is 15.8 Å². The first kappa shape index (κ1) is 13.7. The summed E-state index contributed by atoms with van der Waals surface area (Å²) in [7, 11) is 1.64. The molecule has 0 unspecified atom stereocenters. The summed E-state index contributed by atoms with van der Waals surface area (Å²) in [6.07, 6.45) is 3.24. The first-order chi connectivity index (χ1) is 8.12. The molecule has 0 bridgehead atoms. The summed E-state index contributed by atoms with van der Waals surface area (Å²) < 4.78 is 5.24. The highest BCUT2D eigenvalue weighted by Crippen LogP contribution is 2.33. The van der Waals surface area contributed by atoms with Gasteiger partial charge in [0.1, 0.15) is 5.75 Å². The van der Waals surface area contributed by atoms with Crippen LogP contribution in [0.15, 0.2) is 18.2 Å². The summed E-state index contributed by atoms with van der Waals surface area (Å²) in [5, 5.41) is 3.58. The number of hydrogen-bond acceptors (Lipinski definition) is 3. The Hall–Kier alpha value is -1.38. The van der Waals surface area contributed by atoms with E-state index in [0.717, 1.165) is 30.7 Å². The van der Waals surface area contributed by atoms with Gasteiger partial charge in [-0.2, -0.15) is 0 Å². The van der Waals surface area contributed by atoms with Crippen molar-refractivity contribution in [3.8, 4) is 5.75 Å². The van der Waals surface area contributed by atoms with E-state index in [1.165, 1.54) is 0 Å². The van der Waals surface area contributed by atoms with Gasteiger partial charge in [0.15, 0.2) is 0 Å². The third-order valence-corrected chi connectivity index (χ3v) is 3.72. The van der Waals surface area contributed by atoms with Crippen LogP contribution in [0.1, 0.15) is 40.0 Å². The normalized spacial score (nSPS) is 11.3. The number of nitrogens with one attached hydrogen (secondary N) is 1. The molecule has 0 aliphatic rings. The fourth-order valence-electron chi connectivity index (χ4n) is 2.13. The predicted octanol–water partition coefficient (Wildman–Crippen LogP) is 3.66. The molecule has 0 atom stereocenters. The molecule has 0 saturated carbocycles. The zero-order valence-corrected chi connectivity index (χ0v) is 11.3. The maximum Gasteiger partial charge on any atom is 0.143 e. The number of benzene rings is 1. The molecule has 1 rings (SSSR count). The third kappa shape index (κ3) is 2.84. The molecule has 0 heterocycles. The molecule has 1 aromatic rings. The van der Waals surface area contributed by atoms with Gasteiger partial charge in [0.2, 0.25) is 0 Å². The van der Waals surface area contributed by atoms with E-state index in [-0.39, 0.29) is 5.54 Å². The minimum absolute atomic E-state index is 0.125. The van der Waals surface area contributed by atoms with Gasteiger partial charge in [-0.3, -0.25) is 0 Å². The van der Waals surface area contributed by atoms with Gasteiger partial charge in [-0.25, -0.2) is 0 Å². The zero-order chi connectivity index (χ0) is 12.9. The second kappa shape index (κ2) is 5.80. The summed E-state index contributed by atoms with van der Waals surface area (Å²) in [6.45, 7) is 6.61. The molecule has 3 N–H and O–H groups in total. The van der Waals surface area contributed by atoms with Crippen LogP contribution in [0.2, 0.25) is 0 Å². The van der Waals surface area contributed by atoms with Crippen molar-refractivity contribution in [2.75, 3.05) is 18.2 Å². The molecular formula is C14H24N2O. The first-order valence-corrected chi connectivity index (χ1v) is 6.33. The smallest absolute Gasteiger partial charge is 0.143 e. The Morgan fingerprint density at radius 2 is 1.76 bits per heavy atom. The van der Waals surface area contributed by atoms with Gasteiger partial charge in [-0.1, -0.05) is 26.8 Å². The Balaban J connectivity index is 3.01. The van der Waals surface area contributed by atoms with Crippen LogP contribution in [0.4, 0.5) is 11.4 Å². The van der Waals surface area contributed by atoms with Crippen molar-refractivity contribution in [1.29, 1.82) is 0 Å². The molecule has 0 radical (unpaired) electrons. The van der Waals surface area contributed by atoms with Gasteiger partial charge in [0.05, 0.1) is 18.5 Å². The number of ether oxygens (including phenoxy) is 1. The lowest BCUT2D eigenvalue weighted by Gasteiger charge is -2.33. The number of hydrogen-bond donors (Lipinski definition) is 2. The lowest BCUT2D eigenvalue weighted by molar-refractivity contribution is 0.413. The Kier molecular flexibility index (Phi) is 4.67.